The van der Waals surface area contributed by atoms with Crippen molar-refractivity contribution in [1.29, 1.82) is 0 Å². The molecule has 0 amide bonds. The monoisotopic (exact) mass is 325 g/mol. The van der Waals surface area contributed by atoms with Crippen LogP contribution in [-0.4, -0.2) is 21.8 Å². The summed E-state index contributed by atoms with van der Waals surface area (Å²) in [5, 5.41) is 2.89. The van der Waals surface area contributed by atoms with Crippen LogP contribution in [0.15, 0.2) is 47.2 Å². The summed E-state index contributed by atoms with van der Waals surface area (Å²) in [5.74, 6) is 0.466. The number of hydrogen-bond donors (Lipinski definition) is 0. The van der Waals surface area contributed by atoms with Gasteiger partial charge in [0.15, 0.2) is 10.9 Å². The highest BCUT2D eigenvalue weighted by Gasteiger charge is 2.45. The molecule has 0 N–H and O–H groups in total. The molecule has 23 heavy (non-hydrogen) atoms. The van der Waals surface area contributed by atoms with Crippen molar-refractivity contribution in [3.8, 4) is 0 Å². The summed E-state index contributed by atoms with van der Waals surface area (Å²) in [7, 11) is 0. The molecule has 2 aromatic rings. The Balaban J connectivity index is 1.76. The topological polar surface area (TPSA) is 46.1 Å². The Morgan fingerprint density at radius 1 is 1.22 bits per heavy atom. The van der Waals surface area contributed by atoms with E-state index in [0.717, 1.165) is 29.4 Å². The Morgan fingerprint density at radius 3 is 2.78 bits per heavy atom. The van der Waals surface area contributed by atoms with Crippen LogP contribution in [0.25, 0.3) is 0 Å². The van der Waals surface area contributed by atoms with Gasteiger partial charge in [0.25, 0.3) is 0 Å². The molecule has 4 rings (SSSR count). The van der Waals surface area contributed by atoms with Crippen molar-refractivity contribution in [2.45, 2.75) is 38.6 Å². The zero-order valence-electron chi connectivity index (χ0n) is 13.3. The molecule has 118 valence electrons. The molecule has 2 aromatic heterocycles. The normalized spacial score (nSPS) is 27.5. The van der Waals surface area contributed by atoms with E-state index in [0.29, 0.717) is 5.92 Å². The Hall–Kier alpha value is -2.01. The highest BCUT2D eigenvalue weighted by Crippen LogP contribution is 2.46. The van der Waals surface area contributed by atoms with Crippen molar-refractivity contribution in [2.75, 3.05) is 4.90 Å². The number of ketones is 1. The van der Waals surface area contributed by atoms with E-state index in [-0.39, 0.29) is 17.7 Å². The molecule has 0 radical (unpaired) electrons. The molecular formula is C18H19N3OS. The molecule has 0 aromatic carbocycles. The first-order valence-electron chi connectivity index (χ1n) is 8.05. The number of nitrogens with zero attached hydrogens (tertiary/aromatic N) is 3. The fraction of sp³-hybridized carbons (Fsp3) is 0.389. The summed E-state index contributed by atoms with van der Waals surface area (Å²) in [5.41, 5.74) is 3.06. The van der Waals surface area contributed by atoms with E-state index < -0.39 is 0 Å². The lowest BCUT2D eigenvalue weighted by atomic mass is 9.81. The second-order valence-corrected chi connectivity index (χ2v) is 7.17. The van der Waals surface area contributed by atoms with E-state index in [4.69, 9.17) is 0 Å². The van der Waals surface area contributed by atoms with Gasteiger partial charge in [-0.2, -0.15) is 0 Å². The van der Waals surface area contributed by atoms with Gasteiger partial charge in [-0.3, -0.25) is 9.78 Å². The Morgan fingerprint density at radius 2 is 2.09 bits per heavy atom. The van der Waals surface area contributed by atoms with E-state index in [1.54, 1.807) is 23.7 Å². The van der Waals surface area contributed by atoms with Crippen LogP contribution in [0, 0.1) is 5.92 Å². The van der Waals surface area contributed by atoms with E-state index in [2.05, 4.69) is 28.7 Å². The summed E-state index contributed by atoms with van der Waals surface area (Å²) in [6.45, 7) is 4.41. The van der Waals surface area contributed by atoms with Gasteiger partial charge in [0.05, 0.1) is 17.3 Å². The first kappa shape index (κ1) is 14.6. The van der Waals surface area contributed by atoms with Gasteiger partial charge in [-0.05, 0) is 37.5 Å². The second-order valence-electron chi connectivity index (χ2n) is 6.30. The maximum Gasteiger partial charge on any atom is 0.190 e. The number of aromatic nitrogens is 2. The molecular weight excluding hydrogens is 306 g/mol. The summed E-state index contributed by atoms with van der Waals surface area (Å²) < 4.78 is 0. The zero-order valence-corrected chi connectivity index (χ0v) is 14.1. The number of allylic oxidation sites excluding steroid dienone is 1. The van der Waals surface area contributed by atoms with Gasteiger partial charge in [-0.1, -0.05) is 13.0 Å². The molecule has 1 aliphatic carbocycles. The van der Waals surface area contributed by atoms with Crippen molar-refractivity contribution >= 4 is 22.3 Å². The SMILES string of the molecule is CC1C2=C(C(=O)C(c3ccccn3)CC2)N(c2nccs2)C1C. The number of hydrogen-bond acceptors (Lipinski definition) is 5. The third kappa shape index (κ3) is 2.22. The highest BCUT2D eigenvalue weighted by atomic mass is 32.1. The van der Waals surface area contributed by atoms with E-state index in [1.165, 1.54) is 5.57 Å². The molecule has 0 saturated carbocycles. The predicted molar refractivity (Wildman–Crippen MR) is 91.5 cm³/mol. The van der Waals surface area contributed by atoms with Crippen molar-refractivity contribution in [2.24, 2.45) is 5.92 Å². The largest absolute Gasteiger partial charge is 0.311 e. The summed E-state index contributed by atoms with van der Waals surface area (Å²) in [6, 6.07) is 6.09. The van der Waals surface area contributed by atoms with Crippen LogP contribution in [0.2, 0.25) is 0 Å². The molecule has 0 saturated heterocycles. The van der Waals surface area contributed by atoms with Crippen LogP contribution >= 0.6 is 11.3 Å². The van der Waals surface area contributed by atoms with Gasteiger partial charge in [-0.15, -0.1) is 11.3 Å². The van der Waals surface area contributed by atoms with Crippen molar-refractivity contribution in [3.05, 3.63) is 52.9 Å². The van der Waals surface area contributed by atoms with Gasteiger partial charge in [0.1, 0.15) is 0 Å². The first-order chi connectivity index (χ1) is 11.2. The number of carbonyl (C=O) groups is 1. The van der Waals surface area contributed by atoms with E-state index in [9.17, 15) is 4.79 Å². The molecule has 3 unspecified atom stereocenters. The number of thiazole rings is 1. The average Bonchev–Trinajstić information content (AvgIpc) is 3.18. The van der Waals surface area contributed by atoms with Gasteiger partial charge in [0, 0.05) is 29.7 Å². The summed E-state index contributed by atoms with van der Waals surface area (Å²) >= 11 is 1.59. The molecule has 0 spiro atoms. The van der Waals surface area contributed by atoms with Crippen LogP contribution in [0.1, 0.15) is 38.3 Å². The molecule has 0 bridgehead atoms. The van der Waals surface area contributed by atoms with Crippen LogP contribution in [0.3, 0.4) is 0 Å². The Bertz CT molecular complexity index is 754. The smallest absolute Gasteiger partial charge is 0.190 e. The number of Topliss-reactive ketones (excluding diaryl/α,β-unsaturated/α-hetero) is 1. The molecule has 3 heterocycles. The summed E-state index contributed by atoms with van der Waals surface area (Å²) in [4.78, 5) is 24.3. The quantitative estimate of drug-likeness (QED) is 0.843. The lowest BCUT2D eigenvalue weighted by Crippen LogP contribution is -2.34. The van der Waals surface area contributed by atoms with Crippen molar-refractivity contribution in [1.82, 2.24) is 9.97 Å². The van der Waals surface area contributed by atoms with Crippen LogP contribution in [0.4, 0.5) is 5.13 Å². The lowest BCUT2D eigenvalue weighted by molar-refractivity contribution is -0.117. The molecule has 3 atom stereocenters. The molecule has 4 nitrogen and oxygen atoms in total. The minimum atomic E-state index is -0.130. The maximum atomic E-state index is 13.2. The minimum Gasteiger partial charge on any atom is -0.311 e. The van der Waals surface area contributed by atoms with Gasteiger partial charge >= 0.3 is 0 Å². The molecule has 0 fully saturated rings. The van der Waals surface area contributed by atoms with Crippen molar-refractivity contribution in [3.63, 3.8) is 0 Å². The highest BCUT2D eigenvalue weighted by molar-refractivity contribution is 7.13. The van der Waals surface area contributed by atoms with Crippen molar-refractivity contribution < 1.29 is 4.79 Å². The maximum absolute atomic E-state index is 13.2. The average molecular weight is 325 g/mol. The minimum absolute atomic E-state index is 0.130. The molecule has 2 aliphatic rings. The standard InChI is InChI=1S/C18H19N3OS/c1-11-12(2)21(18-20-9-10-23-18)16-13(11)6-7-14(17(16)22)15-5-3-4-8-19-15/h3-5,8-12,14H,6-7H2,1-2H3. The number of anilines is 1. The fourth-order valence-corrected chi connectivity index (χ4v) is 4.51. The fourth-order valence-electron chi connectivity index (χ4n) is 3.78. The van der Waals surface area contributed by atoms with Gasteiger partial charge in [0.2, 0.25) is 0 Å². The molecule has 5 heteroatoms. The summed E-state index contributed by atoms with van der Waals surface area (Å²) in [6.07, 6.45) is 5.40. The first-order valence-corrected chi connectivity index (χ1v) is 8.93. The van der Waals surface area contributed by atoms with Crippen LogP contribution in [-0.2, 0) is 4.79 Å². The van der Waals surface area contributed by atoms with Gasteiger partial charge < -0.3 is 4.90 Å². The van der Waals surface area contributed by atoms with Crippen LogP contribution < -0.4 is 4.90 Å². The zero-order chi connectivity index (χ0) is 16.0. The number of carbonyl (C=O) groups excluding carboxylic acids is 1. The lowest BCUT2D eigenvalue weighted by Gasteiger charge is -2.28. The van der Waals surface area contributed by atoms with Gasteiger partial charge in [-0.25, -0.2) is 4.98 Å². The Labute approximate surface area is 139 Å². The number of pyridine rings is 1. The van der Waals surface area contributed by atoms with Crippen LogP contribution in [0.5, 0.6) is 0 Å². The molecule has 1 aliphatic heterocycles. The Kier molecular flexibility index (Phi) is 3.53. The third-order valence-electron chi connectivity index (χ3n) is 5.15. The predicted octanol–water partition coefficient (Wildman–Crippen LogP) is 3.78. The van der Waals surface area contributed by atoms with E-state index in [1.807, 2.05) is 23.6 Å². The van der Waals surface area contributed by atoms with E-state index >= 15 is 0 Å². The number of rotatable bonds is 2. The second kappa shape index (κ2) is 5.57. The third-order valence-corrected chi connectivity index (χ3v) is 5.92.